The molecule has 3 aromatic heterocycles. The lowest BCUT2D eigenvalue weighted by molar-refractivity contribution is -0.121. The Labute approximate surface area is 164 Å². The number of nitrogens with zero attached hydrogens (tertiary/aromatic N) is 3. The van der Waals surface area contributed by atoms with Crippen molar-refractivity contribution in [2.24, 2.45) is 0 Å². The number of hydrogen-bond acceptors (Lipinski definition) is 3. The van der Waals surface area contributed by atoms with E-state index in [4.69, 9.17) is 0 Å². The molecule has 0 fully saturated rings. The summed E-state index contributed by atoms with van der Waals surface area (Å²) in [5, 5.41) is 3.04. The van der Waals surface area contributed by atoms with Gasteiger partial charge in [-0.25, -0.2) is 4.98 Å². The van der Waals surface area contributed by atoms with Crippen LogP contribution >= 0.6 is 0 Å². The van der Waals surface area contributed by atoms with Gasteiger partial charge in [-0.15, -0.1) is 0 Å². The summed E-state index contributed by atoms with van der Waals surface area (Å²) in [6, 6.07) is 19.9. The number of aromatic nitrogens is 3. The number of imidazole rings is 1. The summed E-state index contributed by atoms with van der Waals surface area (Å²) in [5.41, 5.74) is 4.97. The first-order chi connectivity index (χ1) is 13.7. The molecule has 5 nitrogen and oxygen atoms in total. The second-order valence-electron chi connectivity index (χ2n) is 6.83. The molecule has 0 saturated carbocycles. The van der Waals surface area contributed by atoms with Crippen LogP contribution in [0.5, 0.6) is 0 Å². The van der Waals surface area contributed by atoms with Crippen LogP contribution in [0.1, 0.15) is 34.9 Å². The van der Waals surface area contributed by atoms with Crippen molar-refractivity contribution in [2.45, 2.75) is 25.8 Å². The molecule has 1 unspecified atom stereocenters. The van der Waals surface area contributed by atoms with Crippen LogP contribution in [-0.2, 0) is 11.3 Å². The van der Waals surface area contributed by atoms with Gasteiger partial charge in [0.05, 0.1) is 18.4 Å². The molecule has 4 rings (SSSR count). The Kier molecular flexibility index (Phi) is 5.15. The van der Waals surface area contributed by atoms with E-state index in [0.717, 1.165) is 28.2 Å². The van der Waals surface area contributed by atoms with Gasteiger partial charge in [-0.05, 0) is 36.2 Å². The molecule has 0 saturated heterocycles. The first-order valence-corrected chi connectivity index (χ1v) is 9.36. The van der Waals surface area contributed by atoms with Crippen LogP contribution in [0.25, 0.3) is 5.65 Å². The topological polar surface area (TPSA) is 59.3 Å². The quantitative estimate of drug-likeness (QED) is 0.560. The molecule has 28 heavy (non-hydrogen) atoms. The van der Waals surface area contributed by atoms with Crippen molar-refractivity contribution in [1.29, 1.82) is 0 Å². The van der Waals surface area contributed by atoms with Gasteiger partial charge < -0.3 is 9.72 Å². The Morgan fingerprint density at radius 2 is 1.86 bits per heavy atom. The maximum Gasteiger partial charge on any atom is 0.221 e. The van der Waals surface area contributed by atoms with E-state index in [0.29, 0.717) is 13.0 Å². The number of nitrogens with one attached hydrogen (secondary N) is 1. The highest BCUT2D eigenvalue weighted by atomic mass is 16.1. The zero-order valence-electron chi connectivity index (χ0n) is 15.7. The van der Waals surface area contributed by atoms with Crippen LogP contribution in [0.3, 0.4) is 0 Å². The van der Waals surface area contributed by atoms with Gasteiger partial charge in [-0.3, -0.25) is 9.78 Å². The fourth-order valence-electron chi connectivity index (χ4n) is 3.44. The van der Waals surface area contributed by atoms with Gasteiger partial charge in [0.25, 0.3) is 0 Å². The standard InChI is InChI=1S/C23H22N4O/c1-17-8-7-13-27-19(16-26-23(17)27)15-25-22(28)14-20(18-9-3-2-4-10-18)21-11-5-6-12-24-21/h2-13,16,20H,14-15H2,1H3,(H,25,28). The van der Waals surface area contributed by atoms with Crippen molar-refractivity contribution in [3.63, 3.8) is 0 Å². The lowest BCUT2D eigenvalue weighted by atomic mass is 9.91. The van der Waals surface area contributed by atoms with Crippen LogP contribution in [0.15, 0.2) is 79.3 Å². The van der Waals surface area contributed by atoms with Crippen LogP contribution in [-0.4, -0.2) is 20.3 Å². The maximum atomic E-state index is 12.7. The first-order valence-electron chi connectivity index (χ1n) is 9.36. The summed E-state index contributed by atoms with van der Waals surface area (Å²) in [4.78, 5) is 21.7. The summed E-state index contributed by atoms with van der Waals surface area (Å²) < 4.78 is 2.02. The van der Waals surface area contributed by atoms with Gasteiger partial charge in [0.1, 0.15) is 5.65 Å². The predicted octanol–water partition coefficient (Wildman–Crippen LogP) is 3.88. The Bertz CT molecular complexity index is 1030. The molecule has 1 N–H and O–H groups in total. The van der Waals surface area contributed by atoms with Gasteiger partial charge in [0.2, 0.25) is 5.91 Å². The van der Waals surface area contributed by atoms with Crippen molar-refractivity contribution in [1.82, 2.24) is 19.7 Å². The van der Waals surface area contributed by atoms with Crippen LogP contribution in [0.2, 0.25) is 0 Å². The van der Waals surface area contributed by atoms with Crippen molar-refractivity contribution in [3.8, 4) is 0 Å². The number of hydrogen-bond donors (Lipinski definition) is 1. The number of benzene rings is 1. The monoisotopic (exact) mass is 370 g/mol. The summed E-state index contributed by atoms with van der Waals surface area (Å²) in [5.74, 6) is -0.0889. The molecule has 1 aromatic carbocycles. The average molecular weight is 370 g/mol. The Hall–Kier alpha value is -3.47. The van der Waals surface area contributed by atoms with E-state index in [-0.39, 0.29) is 11.8 Å². The molecule has 1 amide bonds. The molecule has 3 heterocycles. The van der Waals surface area contributed by atoms with E-state index in [9.17, 15) is 4.79 Å². The van der Waals surface area contributed by atoms with E-state index in [1.54, 1.807) is 6.20 Å². The van der Waals surface area contributed by atoms with Gasteiger partial charge in [-0.1, -0.05) is 42.5 Å². The molecular formula is C23H22N4O. The number of pyridine rings is 2. The molecule has 0 spiro atoms. The van der Waals surface area contributed by atoms with E-state index in [2.05, 4.69) is 15.3 Å². The zero-order valence-corrected chi connectivity index (χ0v) is 15.7. The second-order valence-corrected chi connectivity index (χ2v) is 6.83. The number of carbonyl (C=O) groups is 1. The van der Waals surface area contributed by atoms with Crippen molar-refractivity contribution >= 4 is 11.6 Å². The second kappa shape index (κ2) is 8.05. The fourth-order valence-corrected chi connectivity index (χ4v) is 3.44. The average Bonchev–Trinajstić information content (AvgIpc) is 3.16. The molecule has 0 bridgehead atoms. The third-order valence-corrected chi connectivity index (χ3v) is 4.91. The maximum absolute atomic E-state index is 12.7. The van der Waals surface area contributed by atoms with E-state index < -0.39 is 0 Å². The number of carbonyl (C=O) groups excluding carboxylic acids is 1. The molecule has 140 valence electrons. The Morgan fingerprint density at radius 3 is 2.64 bits per heavy atom. The Balaban J connectivity index is 1.49. The van der Waals surface area contributed by atoms with Crippen LogP contribution in [0, 0.1) is 6.92 Å². The summed E-state index contributed by atoms with van der Waals surface area (Å²) in [6.45, 7) is 2.47. The Morgan fingerprint density at radius 1 is 1.04 bits per heavy atom. The minimum Gasteiger partial charge on any atom is -0.350 e. The van der Waals surface area contributed by atoms with E-state index in [1.165, 1.54) is 0 Å². The number of fused-ring (bicyclic) bond motifs is 1. The molecule has 1 atom stereocenters. The normalized spacial score (nSPS) is 12.0. The lowest BCUT2D eigenvalue weighted by Crippen LogP contribution is -2.25. The van der Waals surface area contributed by atoms with Crippen molar-refractivity contribution in [2.75, 3.05) is 0 Å². The summed E-state index contributed by atoms with van der Waals surface area (Å²) in [7, 11) is 0. The highest BCUT2D eigenvalue weighted by molar-refractivity contribution is 5.77. The highest BCUT2D eigenvalue weighted by Gasteiger charge is 2.19. The highest BCUT2D eigenvalue weighted by Crippen LogP contribution is 2.26. The predicted molar refractivity (Wildman–Crippen MR) is 109 cm³/mol. The zero-order chi connectivity index (χ0) is 19.3. The molecule has 0 radical (unpaired) electrons. The minimum atomic E-state index is -0.0770. The lowest BCUT2D eigenvalue weighted by Gasteiger charge is -2.17. The van der Waals surface area contributed by atoms with Gasteiger partial charge >= 0.3 is 0 Å². The SMILES string of the molecule is Cc1cccn2c(CNC(=O)CC(c3ccccc3)c3ccccn3)cnc12. The van der Waals surface area contributed by atoms with Gasteiger partial charge in [0.15, 0.2) is 0 Å². The van der Waals surface area contributed by atoms with E-state index in [1.807, 2.05) is 84.4 Å². The van der Waals surface area contributed by atoms with Crippen molar-refractivity contribution in [3.05, 3.63) is 102 Å². The fraction of sp³-hybridized carbons (Fsp3) is 0.174. The minimum absolute atomic E-state index is 0.0119. The molecule has 0 aliphatic rings. The number of aryl methyl sites for hydroxylation is 1. The largest absolute Gasteiger partial charge is 0.350 e. The molecule has 0 aliphatic heterocycles. The first kappa shape index (κ1) is 17.9. The van der Waals surface area contributed by atoms with Crippen molar-refractivity contribution < 1.29 is 4.79 Å². The summed E-state index contributed by atoms with van der Waals surface area (Å²) in [6.07, 6.45) is 5.90. The molecule has 4 aromatic rings. The molecule has 0 aliphatic carbocycles. The number of rotatable bonds is 6. The third kappa shape index (κ3) is 3.78. The van der Waals surface area contributed by atoms with Crippen LogP contribution in [0.4, 0.5) is 0 Å². The van der Waals surface area contributed by atoms with Gasteiger partial charge in [-0.2, -0.15) is 0 Å². The van der Waals surface area contributed by atoms with Crippen LogP contribution < -0.4 is 5.32 Å². The third-order valence-electron chi connectivity index (χ3n) is 4.91. The molecular weight excluding hydrogens is 348 g/mol. The summed E-state index contributed by atoms with van der Waals surface area (Å²) >= 11 is 0. The van der Waals surface area contributed by atoms with E-state index >= 15 is 0 Å². The smallest absolute Gasteiger partial charge is 0.221 e. The number of amides is 1. The molecule has 5 heteroatoms. The van der Waals surface area contributed by atoms with Gasteiger partial charge in [0, 0.05) is 30.4 Å².